The van der Waals surface area contributed by atoms with E-state index < -0.39 is 10.8 Å². The first-order valence-corrected chi connectivity index (χ1v) is 24.5. The normalized spacial score (nSPS) is 15.6. The Morgan fingerprint density at radius 1 is 0.271 bits per heavy atom. The SMILES string of the molecule is c1ccc(N(c2ccc(-c3ccc4c(c3)C3(c5ccccc5-4)c4ccccc4-n4c5ccccc5c5cccc3c54)cc2)c2ccc3c(c2)C2(c4ccccc4-c4ccccc42)c2ccccc2-3)cc1. The second kappa shape index (κ2) is 13.8. The van der Waals surface area contributed by atoms with Crippen molar-refractivity contribution in [3.8, 4) is 50.2 Å². The average molecular weight is 887 g/mol. The smallest absolute Gasteiger partial charge is 0.0754 e. The standard InChI is InChI=1S/C68H42N2/c1-2-17-45(18-3-1)69(47-38-40-53-51-22-6-11-27-58(51)67(63(53)42-47)56-25-9-4-19-48(56)49-20-5-10-26-57(49)67)46-36-33-43(34-37-46)44-35-39-52-50-21-7-12-28-59(50)68(62(52)41-44)60-29-13-15-32-65(60)70-64-31-14-8-23-54(64)55-24-16-30-61(68)66(55)70/h1-42H. The Morgan fingerprint density at radius 3 is 1.37 bits per heavy atom. The third-order valence-electron chi connectivity index (χ3n) is 16.4. The lowest BCUT2D eigenvalue weighted by atomic mass is 9.65. The number of aromatic nitrogens is 1. The van der Waals surface area contributed by atoms with Gasteiger partial charge in [0.05, 0.1) is 27.6 Å². The number of benzene rings is 11. The fourth-order valence-corrected chi connectivity index (χ4v) is 13.8. The molecule has 1 aromatic heterocycles. The number of para-hydroxylation sites is 4. The molecular weight excluding hydrogens is 845 g/mol. The van der Waals surface area contributed by atoms with Gasteiger partial charge < -0.3 is 9.47 Å². The Balaban J connectivity index is 0.865. The first kappa shape index (κ1) is 38.0. The zero-order chi connectivity index (χ0) is 45.7. The van der Waals surface area contributed by atoms with Gasteiger partial charge in [0.25, 0.3) is 0 Å². The van der Waals surface area contributed by atoms with Crippen LogP contribution in [0.15, 0.2) is 255 Å². The molecule has 16 rings (SSSR count). The summed E-state index contributed by atoms with van der Waals surface area (Å²) in [5, 5.41) is 2.58. The van der Waals surface area contributed by atoms with E-state index in [0.29, 0.717) is 0 Å². The lowest BCUT2D eigenvalue weighted by Crippen LogP contribution is -2.33. The highest BCUT2D eigenvalue weighted by Crippen LogP contribution is 2.64. The Labute approximate surface area is 406 Å². The molecule has 2 heteroatoms. The van der Waals surface area contributed by atoms with Gasteiger partial charge in [-0.05, 0) is 144 Å². The summed E-state index contributed by atoms with van der Waals surface area (Å²) in [5.41, 5.74) is 27.2. The lowest BCUT2D eigenvalue weighted by Gasteiger charge is -2.39. The van der Waals surface area contributed by atoms with Crippen LogP contribution in [0.5, 0.6) is 0 Å². The minimum atomic E-state index is -0.503. The van der Waals surface area contributed by atoms with Gasteiger partial charge in [0.2, 0.25) is 0 Å². The van der Waals surface area contributed by atoms with Crippen LogP contribution >= 0.6 is 0 Å². The number of fused-ring (bicyclic) bond motifs is 22. The molecule has 4 aliphatic rings. The van der Waals surface area contributed by atoms with Crippen molar-refractivity contribution in [2.75, 3.05) is 4.90 Å². The predicted octanol–water partition coefficient (Wildman–Crippen LogP) is 16.9. The van der Waals surface area contributed by atoms with Gasteiger partial charge in [-0.1, -0.05) is 200 Å². The molecule has 2 spiro atoms. The summed E-state index contributed by atoms with van der Waals surface area (Å²) in [6.45, 7) is 0. The predicted molar refractivity (Wildman–Crippen MR) is 288 cm³/mol. The van der Waals surface area contributed by atoms with E-state index in [1.54, 1.807) is 0 Å². The van der Waals surface area contributed by atoms with Crippen LogP contribution in [0.2, 0.25) is 0 Å². The van der Waals surface area contributed by atoms with Crippen molar-refractivity contribution in [2.45, 2.75) is 10.8 Å². The molecule has 0 saturated heterocycles. The molecule has 2 nitrogen and oxygen atoms in total. The van der Waals surface area contributed by atoms with E-state index in [-0.39, 0.29) is 0 Å². The summed E-state index contributed by atoms with van der Waals surface area (Å²) in [6.07, 6.45) is 0. The number of rotatable bonds is 4. The van der Waals surface area contributed by atoms with Gasteiger partial charge in [-0.25, -0.2) is 0 Å². The van der Waals surface area contributed by atoms with Crippen molar-refractivity contribution in [1.29, 1.82) is 0 Å². The van der Waals surface area contributed by atoms with Crippen molar-refractivity contribution in [3.05, 3.63) is 299 Å². The highest BCUT2D eigenvalue weighted by Gasteiger charge is 2.53. The maximum absolute atomic E-state index is 2.52. The zero-order valence-electron chi connectivity index (χ0n) is 38.1. The number of hydrogen-bond acceptors (Lipinski definition) is 1. The second-order valence-corrected chi connectivity index (χ2v) is 19.5. The third-order valence-corrected chi connectivity index (χ3v) is 16.4. The molecular formula is C68H42N2. The number of hydrogen-bond donors (Lipinski definition) is 0. The molecule has 0 bridgehead atoms. The average Bonchev–Trinajstić information content (AvgIpc) is 4.13. The largest absolute Gasteiger partial charge is 0.310 e. The molecule has 1 aliphatic heterocycles. The van der Waals surface area contributed by atoms with E-state index in [0.717, 1.165) is 17.1 Å². The van der Waals surface area contributed by atoms with E-state index in [2.05, 4.69) is 264 Å². The maximum Gasteiger partial charge on any atom is 0.0754 e. The molecule has 0 amide bonds. The van der Waals surface area contributed by atoms with Gasteiger partial charge in [0, 0.05) is 27.8 Å². The van der Waals surface area contributed by atoms with E-state index >= 15 is 0 Å². The molecule has 11 aromatic carbocycles. The topological polar surface area (TPSA) is 8.17 Å². The molecule has 12 aromatic rings. The first-order valence-electron chi connectivity index (χ1n) is 24.5. The number of nitrogens with zero attached hydrogens (tertiary/aromatic N) is 2. The van der Waals surface area contributed by atoms with Crippen molar-refractivity contribution in [3.63, 3.8) is 0 Å². The minimum absolute atomic E-state index is 0.424. The van der Waals surface area contributed by atoms with E-state index in [1.165, 1.54) is 117 Å². The third kappa shape index (κ3) is 4.64. The molecule has 1 atom stereocenters. The summed E-state index contributed by atoms with van der Waals surface area (Å²) in [6, 6.07) is 95.8. The van der Waals surface area contributed by atoms with Crippen LogP contribution in [0.1, 0.15) is 44.5 Å². The maximum atomic E-state index is 2.52. The van der Waals surface area contributed by atoms with Gasteiger partial charge in [0.1, 0.15) is 0 Å². The van der Waals surface area contributed by atoms with Crippen LogP contribution in [0.4, 0.5) is 17.1 Å². The van der Waals surface area contributed by atoms with Gasteiger partial charge in [0.15, 0.2) is 0 Å². The highest BCUT2D eigenvalue weighted by molar-refractivity contribution is 6.13. The lowest BCUT2D eigenvalue weighted by molar-refractivity contribution is 0.749. The highest BCUT2D eigenvalue weighted by atomic mass is 15.1. The Hall–Kier alpha value is -8.98. The molecule has 0 saturated carbocycles. The summed E-state index contributed by atoms with van der Waals surface area (Å²) in [4.78, 5) is 2.43. The molecule has 2 heterocycles. The molecule has 0 N–H and O–H groups in total. The fourth-order valence-electron chi connectivity index (χ4n) is 13.8. The van der Waals surface area contributed by atoms with Crippen LogP contribution < -0.4 is 4.90 Å². The van der Waals surface area contributed by atoms with E-state index in [1.807, 2.05) is 0 Å². The second-order valence-electron chi connectivity index (χ2n) is 19.5. The number of anilines is 3. The van der Waals surface area contributed by atoms with Crippen LogP contribution in [0.3, 0.4) is 0 Å². The molecule has 1 unspecified atom stereocenters. The van der Waals surface area contributed by atoms with Crippen molar-refractivity contribution < 1.29 is 0 Å². The van der Waals surface area contributed by atoms with Gasteiger partial charge in [-0.15, -0.1) is 0 Å². The summed E-state index contributed by atoms with van der Waals surface area (Å²) in [5.74, 6) is 0. The first-order chi connectivity index (χ1) is 34.7. The Bertz CT molecular complexity index is 4130. The van der Waals surface area contributed by atoms with Gasteiger partial charge in [-0.3, -0.25) is 0 Å². The Morgan fingerprint density at radius 2 is 0.714 bits per heavy atom. The molecule has 0 fully saturated rings. The van der Waals surface area contributed by atoms with Gasteiger partial charge in [-0.2, -0.15) is 0 Å². The van der Waals surface area contributed by atoms with Crippen LogP contribution in [-0.4, -0.2) is 4.57 Å². The van der Waals surface area contributed by atoms with Crippen LogP contribution in [0.25, 0.3) is 72.0 Å². The fraction of sp³-hybridized carbons (Fsp3) is 0.0294. The molecule has 70 heavy (non-hydrogen) atoms. The summed E-state index contributed by atoms with van der Waals surface area (Å²) >= 11 is 0. The van der Waals surface area contributed by atoms with Crippen LogP contribution in [-0.2, 0) is 10.8 Å². The Kier molecular flexibility index (Phi) is 7.51. The minimum Gasteiger partial charge on any atom is -0.310 e. The molecule has 3 aliphatic carbocycles. The molecule has 324 valence electrons. The summed E-state index contributed by atoms with van der Waals surface area (Å²) in [7, 11) is 0. The van der Waals surface area contributed by atoms with E-state index in [4.69, 9.17) is 0 Å². The van der Waals surface area contributed by atoms with E-state index in [9.17, 15) is 0 Å². The van der Waals surface area contributed by atoms with Gasteiger partial charge >= 0.3 is 0 Å². The molecule has 0 radical (unpaired) electrons. The van der Waals surface area contributed by atoms with Crippen molar-refractivity contribution in [1.82, 2.24) is 4.57 Å². The van der Waals surface area contributed by atoms with Crippen LogP contribution in [0, 0.1) is 0 Å². The van der Waals surface area contributed by atoms with Crippen molar-refractivity contribution in [2.24, 2.45) is 0 Å². The van der Waals surface area contributed by atoms with Crippen molar-refractivity contribution >= 4 is 38.9 Å². The zero-order valence-corrected chi connectivity index (χ0v) is 38.1. The quantitative estimate of drug-likeness (QED) is 0.171. The monoisotopic (exact) mass is 886 g/mol. The summed E-state index contributed by atoms with van der Waals surface area (Å²) < 4.78 is 2.52.